The third-order valence-corrected chi connectivity index (χ3v) is 4.31. The average Bonchev–Trinajstić information content (AvgIpc) is 2.28. The van der Waals surface area contributed by atoms with Crippen LogP contribution in [0.4, 0.5) is 0 Å². The molecule has 0 saturated carbocycles. The van der Waals surface area contributed by atoms with Crippen molar-refractivity contribution in [3.8, 4) is 0 Å². The molecule has 0 amide bonds. The van der Waals surface area contributed by atoms with Gasteiger partial charge in [-0.2, -0.15) is 0 Å². The summed E-state index contributed by atoms with van der Waals surface area (Å²) < 4.78 is 23.7. The van der Waals surface area contributed by atoms with E-state index in [1.807, 2.05) is 6.92 Å². The molecule has 100 valence electrons. The fourth-order valence-corrected chi connectivity index (χ4v) is 3.34. The second-order valence-corrected chi connectivity index (χ2v) is 6.47. The van der Waals surface area contributed by atoms with Crippen molar-refractivity contribution in [2.75, 3.05) is 5.75 Å². The van der Waals surface area contributed by atoms with Crippen LogP contribution in [0.25, 0.3) is 0 Å². The van der Waals surface area contributed by atoms with Crippen LogP contribution in [0.1, 0.15) is 30.9 Å². The molecule has 0 aliphatic carbocycles. The molecule has 0 atom stereocenters. The Bertz CT molecular complexity index is 505. The van der Waals surface area contributed by atoms with Crippen LogP contribution in [-0.2, 0) is 26.8 Å². The maximum atomic E-state index is 11.8. The SMILES string of the molecule is CCCCS(=O)(=O)Cc1ccccc1CC(=O)O. The van der Waals surface area contributed by atoms with Gasteiger partial charge in [0, 0.05) is 0 Å². The molecule has 1 rings (SSSR count). The summed E-state index contributed by atoms with van der Waals surface area (Å²) in [5.41, 5.74) is 1.17. The minimum Gasteiger partial charge on any atom is -0.481 e. The number of unbranched alkanes of at least 4 members (excludes halogenated alkanes) is 1. The van der Waals surface area contributed by atoms with Gasteiger partial charge in [-0.25, -0.2) is 8.42 Å². The Morgan fingerprint density at radius 3 is 2.39 bits per heavy atom. The van der Waals surface area contributed by atoms with E-state index in [4.69, 9.17) is 5.11 Å². The Kier molecular flexibility index (Phi) is 5.34. The Labute approximate surface area is 108 Å². The second kappa shape index (κ2) is 6.54. The summed E-state index contributed by atoms with van der Waals surface area (Å²) in [4.78, 5) is 10.7. The van der Waals surface area contributed by atoms with Crippen LogP contribution < -0.4 is 0 Å². The largest absolute Gasteiger partial charge is 0.481 e. The van der Waals surface area contributed by atoms with E-state index in [2.05, 4.69) is 0 Å². The summed E-state index contributed by atoms with van der Waals surface area (Å²) in [5.74, 6) is -0.866. The number of rotatable bonds is 7. The molecule has 0 spiro atoms. The van der Waals surface area contributed by atoms with Crippen LogP contribution in [0, 0.1) is 0 Å². The minimum atomic E-state index is -3.15. The number of carboxylic acid groups (broad SMARTS) is 1. The lowest BCUT2D eigenvalue weighted by atomic mass is 10.1. The summed E-state index contributed by atoms with van der Waals surface area (Å²) >= 11 is 0. The molecular formula is C13H18O4S. The molecule has 5 heteroatoms. The summed E-state index contributed by atoms with van der Waals surface area (Å²) in [6.45, 7) is 1.94. The smallest absolute Gasteiger partial charge is 0.307 e. The summed E-state index contributed by atoms with van der Waals surface area (Å²) in [7, 11) is -3.15. The molecule has 0 unspecified atom stereocenters. The minimum absolute atomic E-state index is 0.0730. The lowest BCUT2D eigenvalue weighted by molar-refractivity contribution is -0.136. The van der Waals surface area contributed by atoms with Gasteiger partial charge in [-0.15, -0.1) is 0 Å². The topological polar surface area (TPSA) is 71.4 Å². The first-order valence-electron chi connectivity index (χ1n) is 5.93. The predicted molar refractivity (Wildman–Crippen MR) is 70.2 cm³/mol. The van der Waals surface area contributed by atoms with Crippen molar-refractivity contribution in [2.45, 2.75) is 31.9 Å². The van der Waals surface area contributed by atoms with E-state index in [-0.39, 0.29) is 17.9 Å². The number of benzene rings is 1. The molecule has 0 aliphatic rings. The van der Waals surface area contributed by atoms with Gasteiger partial charge in [-0.1, -0.05) is 37.6 Å². The zero-order valence-electron chi connectivity index (χ0n) is 10.4. The maximum absolute atomic E-state index is 11.8. The molecule has 4 nitrogen and oxygen atoms in total. The van der Waals surface area contributed by atoms with E-state index >= 15 is 0 Å². The molecule has 18 heavy (non-hydrogen) atoms. The lowest BCUT2D eigenvalue weighted by Crippen LogP contribution is -2.12. The molecule has 0 fully saturated rings. The van der Waals surface area contributed by atoms with E-state index < -0.39 is 15.8 Å². The first kappa shape index (κ1) is 14.7. The number of hydrogen-bond donors (Lipinski definition) is 1. The zero-order chi connectivity index (χ0) is 13.6. The standard InChI is InChI=1S/C13H18O4S/c1-2-3-8-18(16,17)10-12-7-5-4-6-11(12)9-13(14)15/h4-7H,2-3,8-10H2,1H3,(H,14,15). The van der Waals surface area contributed by atoms with Gasteiger partial charge >= 0.3 is 5.97 Å². The highest BCUT2D eigenvalue weighted by molar-refractivity contribution is 7.90. The fourth-order valence-electron chi connectivity index (χ4n) is 1.71. The van der Waals surface area contributed by atoms with Crippen LogP contribution in [0.3, 0.4) is 0 Å². The van der Waals surface area contributed by atoms with E-state index in [1.54, 1.807) is 24.3 Å². The first-order chi connectivity index (χ1) is 8.44. The van der Waals surface area contributed by atoms with Crippen LogP contribution >= 0.6 is 0 Å². The van der Waals surface area contributed by atoms with Crippen LogP contribution in [0.5, 0.6) is 0 Å². The summed E-state index contributed by atoms with van der Waals surface area (Å²) in [6.07, 6.45) is 1.33. The summed E-state index contributed by atoms with van der Waals surface area (Å²) in [5, 5.41) is 8.78. The van der Waals surface area contributed by atoms with Gasteiger partial charge in [-0.3, -0.25) is 4.79 Å². The van der Waals surface area contributed by atoms with E-state index in [0.29, 0.717) is 17.5 Å². The lowest BCUT2D eigenvalue weighted by Gasteiger charge is -2.08. The van der Waals surface area contributed by atoms with Crippen molar-refractivity contribution in [1.82, 2.24) is 0 Å². The average molecular weight is 270 g/mol. The highest BCUT2D eigenvalue weighted by Crippen LogP contribution is 2.14. The third-order valence-electron chi connectivity index (χ3n) is 2.64. The number of sulfone groups is 1. The van der Waals surface area contributed by atoms with Crippen molar-refractivity contribution in [2.24, 2.45) is 0 Å². The van der Waals surface area contributed by atoms with Crippen LogP contribution in [0.15, 0.2) is 24.3 Å². The van der Waals surface area contributed by atoms with Crippen molar-refractivity contribution < 1.29 is 18.3 Å². The number of hydrogen-bond acceptors (Lipinski definition) is 3. The van der Waals surface area contributed by atoms with Crippen molar-refractivity contribution in [3.63, 3.8) is 0 Å². The van der Waals surface area contributed by atoms with E-state index in [0.717, 1.165) is 6.42 Å². The van der Waals surface area contributed by atoms with E-state index in [1.165, 1.54) is 0 Å². The molecule has 1 aromatic rings. The van der Waals surface area contributed by atoms with Gasteiger partial charge in [0.25, 0.3) is 0 Å². The predicted octanol–water partition coefficient (Wildman–Crippen LogP) is 2.03. The van der Waals surface area contributed by atoms with Gasteiger partial charge in [0.15, 0.2) is 9.84 Å². The van der Waals surface area contributed by atoms with Crippen LogP contribution in [0.2, 0.25) is 0 Å². The summed E-state index contributed by atoms with van der Waals surface area (Å²) in [6, 6.07) is 6.80. The molecule has 0 saturated heterocycles. The molecule has 0 heterocycles. The maximum Gasteiger partial charge on any atom is 0.307 e. The molecule has 1 aromatic carbocycles. The number of carboxylic acids is 1. The molecule has 0 radical (unpaired) electrons. The Morgan fingerprint density at radius 2 is 1.83 bits per heavy atom. The number of carbonyl (C=O) groups is 1. The Balaban J connectivity index is 2.86. The molecule has 0 bridgehead atoms. The van der Waals surface area contributed by atoms with Gasteiger partial charge in [-0.05, 0) is 17.5 Å². The van der Waals surface area contributed by atoms with Crippen molar-refractivity contribution in [3.05, 3.63) is 35.4 Å². The molecule has 0 aromatic heterocycles. The van der Waals surface area contributed by atoms with Crippen molar-refractivity contribution >= 4 is 15.8 Å². The highest BCUT2D eigenvalue weighted by Gasteiger charge is 2.14. The third kappa shape index (κ3) is 4.87. The highest BCUT2D eigenvalue weighted by atomic mass is 32.2. The van der Waals surface area contributed by atoms with Gasteiger partial charge in [0.2, 0.25) is 0 Å². The van der Waals surface area contributed by atoms with E-state index in [9.17, 15) is 13.2 Å². The van der Waals surface area contributed by atoms with Gasteiger partial charge < -0.3 is 5.11 Å². The zero-order valence-corrected chi connectivity index (χ0v) is 11.2. The molecular weight excluding hydrogens is 252 g/mol. The van der Waals surface area contributed by atoms with Crippen LogP contribution in [-0.4, -0.2) is 25.2 Å². The molecule has 1 N–H and O–H groups in total. The Hall–Kier alpha value is -1.36. The van der Waals surface area contributed by atoms with Gasteiger partial charge in [0.1, 0.15) is 0 Å². The monoisotopic (exact) mass is 270 g/mol. The second-order valence-electron chi connectivity index (χ2n) is 4.28. The van der Waals surface area contributed by atoms with Gasteiger partial charge in [0.05, 0.1) is 17.9 Å². The first-order valence-corrected chi connectivity index (χ1v) is 7.75. The number of aliphatic carboxylic acids is 1. The fraction of sp³-hybridized carbons (Fsp3) is 0.462. The normalized spacial score (nSPS) is 11.4. The quantitative estimate of drug-likeness (QED) is 0.823. The Morgan fingerprint density at radius 1 is 1.22 bits per heavy atom. The molecule has 0 aliphatic heterocycles. The van der Waals surface area contributed by atoms with Crippen molar-refractivity contribution in [1.29, 1.82) is 0 Å².